The number of aromatic nitrogens is 7. The molecule has 1 fully saturated rings. The standard InChI is InChI=1S/C22H29N7O6S/c1-13-9-24-15(10-23-13)19(32-3)14(2)36(30,31)11-17-27-28-20(16-7-6-8-35-16)29(17)18-21(33-4)25-12-26-22(18)34-5/h9-10,12,14,16,19H,6-8,11H2,1-5H3/t14-,16-,19-/m0/s1. The molecule has 0 bridgehead atoms. The van der Waals surface area contributed by atoms with Crippen LogP contribution in [0.4, 0.5) is 0 Å². The summed E-state index contributed by atoms with van der Waals surface area (Å²) in [5.41, 5.74) is 1.43. The Balaban J connectivity index is 1.77. The average Bonchev–Trinajstić information content (AvgIpc) is 3.54. The summed E-state index contributed by atoms with van der Waals surface area (Å²) in [6, 6.07) is 0. The van der Waals surface area contributed by atoms with Crippen molar-refractivity contribution >= 4 is 9.84 Å². The maximum atomic E-state index is 13.6. The molecule has 0 N–H and O–H groups in total. The van der Waals surface area contributed by atoms with Gasteiger partial charge in [0, 0.05) is 19.9 Å². The van der Waals surface area contributed by atoms with Crippen molar-refractivity contribution in [1.29, 1.82) is 0 Å². The summed E-state index contributed by atoms with van der Waals surface area (Å²) in [4.78, 5) is 16.9. The van der Waals surface area contributed by atoms with E-state index >= 15 is 0 Å². The van der Waals surface area contributed by atoms with Gasteiger partial charge in [-0.1, -0.05) is 0 Å². The second-order valence-electron chi connectivity index (χ2n) is 8.30. The predicted octanol–water partition coefficient (Wildman–Crippen LogP) is 1.72. The molecule has 4 heterocycles. The Hall–Kier alpha value is -3.23. The van der Waals surface area contributed by atoms with Crippen molar-refractivity contribution in [3.05, 3.63) is 41.8 Å². The fraction of sp³-hybridized carbons (Fsp3) is 0.545. The molecule has 1 aliphatic rings. The number of methoxy groups -OCH3 is 3. The Kier molecular flexibility index (Phi) is 7.76. The van der Waals surface area contributed by atoms with Gasteiger partial charge in [0.25, 0.3) is 0 Å². The highest BCUT2D eigenvalue weighted by Crippen LogP contribution is 2.36. The lowest BCUT2D eigenvalue weighted by Crippen LogP contribution is -2.29. The van der Waals surface area contributed by atoms with E-state index in [0.29, 0.717) is 35.9 Å². The summed E-state index contributed by atoms with van der Waals surface area (Å²) in [7, 11) is 0.496. The van der Waals surface area contributed by atoms with Crippen LogP contribution in [0.1, 0.15) is 55.0 Å². The zero-order chi connectivity index (χ0) is 25.9. The first kappa shape index (κ1) is 25.9. The molecule has 194 valence electrons. The van der Waals surface area contributed by atoms with Crippen LogP contribution >= 0.6 is 0 Å². The third-order valence-corrected chi connectivity index (χ3v) is 8.05. The predicted molar refractivity (Wildman–Crippen MR) is 127 cm³/mol. The number of ether oxygens (including phenoxy) is 4. The highest BCUT2D eigenvalue weighted by atomic mass is 32.2. The van der Waals surface area contributed by atoms with E-state index in [1.807, 2.05) is 0 Å². The quantitative estimate of drug-likeness (QED) is 0.383. The number of hydrogen-bond donors (Lipinski definition) is 0. The minimum absolute atomic E-state index is 0.142. The molecule has 0 aromatic carbocycles. The normalized spacial score (nSPS) is 17.6. The lowest BCUT2D eigenvalue weighted by atomic mass is 10.2. The average molecular weight is 520 g/mol. The highest BCUT2D eigenvalue weighted by molar-refractivity contribution is 7.91. The van der Waals surface area contributed by atoms with Crippen LogP contribution in [0.5, 0.6) is 11.8 Å². The molecule has 1 saturated heterocycles. The van der Waals surface area contributed by atoms with E-state index in [1.165, 1.54) is 33.9 Å². The fourth-order valence-electron chi connectivity index (χ4n) is 4.10. The molecule has 3 aromatic heterocycles. The summed E-state index contributed by atoms with van der Waals surface area (Å²) in [5.74, 6) is 0.469. The summed E-state index contributed by atoms with van der Waals surface area (Å²) in [6.45, 7) is 3.93. The van der Waals surface area contributed by atoms with Crippen molar-refractivity contribution in [3.8, 4) is 17.4 Å². The Labute approximate surface area is 209 Å². The van der Waals surface area contributed by atoms with Crippen LogP contribution in [0.2, 0.25) is 0 Å². The maximum Gasteiger partial charge on any atom is 0.245 e. The van der Waals surface area contributed by atoms with Gasteiger partial charge in [0.1, 0.15) is 24.3 Å². The fourth-order valence-corrected chi connectivity index (χ4v) is 5.53. The van der Waals surface area contributed by atoms with Crippen LogP contribution < -0.4 is 9.47 Å². The Morgan fingerprint density at radius 2 is 1.81 bits per heavy atom. The summed E-state index contributed by atoms with van der Waals surface area (Å²) in [6.07, 6.45) is 4.72. The second-order valence-corrected chi connectivity index (χ2v) is 10.7. The molecule has 0 amide bonds. The van der Waals surface area contributed by atoms with Crippen molar-refractivity contribution in [3.63, 3.8) is 0 Å². The molecule has 1 aliphatic heterocycles. The largest absolute Gasteiger partial charge is 0.479 e. The van der Waals surface area contributed by atoms with Crippen LogP contribution in [0.15, 0.2) is 18.7 Å². The molecule has 0 saturated carbocycles. The zero-order valence-corrected chi connectivity index (χ0v) is 21.6. The van der Waals surface area contributed by atoms with Crippen LogP contribution in [0.25, 0.3) is 5.69 Å². The first-order valence-electron chi connectivity index (χ1n) is 11.3. The van der Waals surface area contributed by atoms with Gasteiger partial charge >= 0.3 is 0 Å². The highest BCUT2D eigenvalue weighted by Gasteiger charge is 2.36. The van der Waals surface area contributed by atoms with Crippen molar-refractivity contribution < 1.29 is 27.4 Å². The lowest BCUT2D eigenvalue weighted by molar-refractivity contribution is 0.0983. The van der Waals surface area contributed by atoms with E-state index in [2.05, 4.69) is 30.1 Å². The molecule has 0 unspecified atom stereocenters. The first-order valence-corrected chi connectivity index (χ1v) is 13.0. The van der Waals surface area contributed by atoms with Gasteiger partial charge in [-0.3, -0.25) is 14.5 Å². The van der Waals surface area contributed by atoms with Crippen molar-refractivity contribution in [2.75, 3.05) is 27.9 Å². The molecule has 0 aliphatic carbocycles. The first-order chi connectivity index (χ1) is 17.3. The van der Waals surface area contributed by atoms with Gasteiger partial charge < -0.3 is 18.9 Å². The SMILES string of the molecule is COc1ncnc(OC)c1-n1c(CS(=O)(=O)[C@@H](C)[C@H](OC)c2cnc(C)cn2)nnc1[C@@H]1CCCO1. The topological polar surface area (TPSA) is 153 Å². The lowest BCUT2D eigenvalue weighted by Gasteiger charge is -2.22. The Morgan fingerprint density at radius 3 is 2.36 bits per heavy atom. The third kappa shape index (κ3) is 5.01. The van der Waals surface area contributed by atoms with Gasteiger partial charge in [0.15, 0.2) is 27.2 Å². The smallest absolute Gasteiger partial charge is 0.245 e. The van der Waals surface area contributed by atoms with E-state index in [4.69, 9.17) is 18.9 Å². The van der Waals surface area contributed by atoms with Crippen molar-refractivity contribution in [1.82, 2.24) is 34.7 Å². The molecule has 0 radical (unpaired) electrons. The summed E-state index contributed by atoms with van der Waals surface area (Å²) >= 11 is 0. The monoisotopic (exact) mass is 519 g/mol. The van der Waals surface area contributed by atoms with Crippen molar-refractivity contribution in [2.24, 2.45) is 0 Å². The minimum atomic E-state index is -3.84. The number of nitrogens with zero attached hydrogens (tertiary/aromatic N) is 7. The third-order valence-electron chi connectivity index (χ3n) is 6.01. The van der Waals surface area contributed by atoms with Gasteiger partial charge in [-0.15, -0.1) is 10.2 Å². The molecular weight excluding hydrogens is 490 g/mol. The molecule has 3 atom stereocenters. The van der Waals surface area contributed by atoms with Gasteiger partial charge in [0.2, 0.25) is 11.8 Å². The van der Waals surface area contributed by atoms with Gasteiger partial charge in [-0.05, 0) is 26.7 Å². The van der Waals surface area contributed by atoms with Crippen molar-refractivity contribution in [2.45, 2.75) is 49.9 Å². The van der Waals surface area contributed by atoms with E-state index in [-0.39, 0.29) is 23.7 Å². The van der Waals surface area contributed by atoms with Crippen LogP contribution in [0, 0.1) is 6.92 Å². The summed E-state index contributed by atoms with van der Waals surface area (Å²) in [5, 5.41) is 7.58. The molecule has 3 aromatic rings. The Morgan fingerprint density at radius 1 is 1.08 bits per heavy atom. The Bertz CT molecular complexity index is 1270. The number of sulfone groups is 1. The molecular formula is C22H29N7O6S. The zero-order valence-electron chi connectivity index (χ0n) is 20.8. The van der Waals surface area contributed by atoms with Crippen LogP contribution in [-0.4, -0.2) is 76.3 Å². The van der Waals surface area contributed by atoms with Crippen LogP contribution in [-0.2, 0) is 25.1 Å². The van der Waals surface area contributed by atoms with Gasteiger partial charge in [-0.2, -0.15) is 9.97 Å². The van der Waals surface area contributed by atoms with Gasteiger partial charge in [-0.25, -0.2) is 8.42 Å². The number of aryl methyl sites for hydroxylation is 1. The van der Waals surface area contributed by atoms with E-state index in [0.717, 1.165) is 6.42 Å². The second kappa shape index (κ2) is 10.8. The van der Waals surface area contributed by atoms with Gasteiger partial charge in [0.05, 0.1) is 37.1 Å². The number of rotatable bonds is 10. The van der Waals surface area contributed by atoms with E-state index < -0.39 is 26.9 Å². The maximum absolute atomic E-state index is 13.6. The van der Waals surface area contributed by atoms with E-state index in [1.54, 1.807) is 24.6 Å². The minimum Gasteiger partial charge on any atom is -0.479 e. The summed E-state index contributed by atoms with van der Waals surface area (Å²) < 4.78 is 51.1. The van der Waals surface area contributed by atoms with Crippen LogP contribution in [0.3, 0.4) is 0 Å². The molecule has 0 spiro atoms. The molecule has 13 nitrogen and oxygen atoms in total. The molecule has 36 heavy (non-hydrogen) atoms. The van der Waals surface area contributed by atoms with E-state index in [9.17, 15) is 8.42 Å². The number of hydrogen-bond acceptors (Lipinski definition) is 12. The molecule has 4 rings (SSSR count). The molecule has 14 heteroatoms.